The molecule has 8 nitrogen and oxygen atoms in total. The van der Waals surface area contributed by atoms with E-state index in [9.17, 15) is 13.2 Å². The first-order chi connectivity index (χ1) is 13.8. The second kappa shape index (κ2) is 7.81. The number of amides is 1. The van der Waals surface area contributed by atoms with E-state index in [2.05, 4.69) is 14.9 Å². The van der Waals surface area contributed by atoms with Crippen molar-refractivity contribution in [3.05, 3.63) is 48.4 Å². The summed E-state index contributed by atoms with van der Waals surface area (Å²) in [6.07, 6.45) is 4.71. The van der Waals surface area contributed by atoms with Crippen molar-refractivity contribution in [1.82, 2.24) is 14.9 Å². The quantitative estimate of drug-likeness (QED) is 0.738. The predicted molar refractivity (Wildman–Crippen MR) is 107 cm³/mol. The van der Waals surface area contributed by atoms with Crippen molar-refractivity contribution >= 4 is 21.6 Å². The van der Waals surface area contributed by atoms with E-state index in [0.29, 0.717) is 43.4 Å². The van der Waals surface area contributed by atoms with Crippen LogP contribution in [0.1, 0.15) is 12.0 Å². The van der Waals surface area contributed by atoms with Crippen LogP contribution >= 0.6 is 0 Å². The molecule has 1 spiro atoms. The van der Waals surface area contributed by atoms with Gasteiger partial charge in [0.1, 0.15) is 12.1 Å². The van der Waals surface area contributed by atoms with Crippen LogP contribution in [0.2, 0.25) is 0 Å². The summed E-state index contributed by atoms with van der Waals surface area (Å²) >= 11 is 0. The molecule has 0 saturated carbocycles. The second-order valence-electron chi connectivity index (χ2n) is 7.90. The zero-order valence-corrected chi connectivity index (χ0v) is 17.1. The van der Waals surface area contributed by atoms with E-state index < -0.39 is 9.84 Å². The highest BCUT2D eigenvalue weighted by Gasteiger charge is 2.46. The Balaban J connectivity index is 1.49. The first kappa shape index (κ1) is 19.9. The molecular formula is C20H24N4O4S. The van der Waals surface area contributed by atoms with Crippen LogP contribution in [0.15, 0.2) is 47.8 Å². The Morgan fingerprint density at radius 3 is 2.66 bits per heavy atom. The van der Waals surface area contributed by atoms with Crippen molar-refractivity contribution in [1.29, 1.82) is 0 Å². The minimum Gasteiger partial charge on any atom is -0.379 e. The number of nitrogens with zero attached hydrogens (tertiary/aromatic N) is 4. The van der Waals surface area contributed by atoms with Crippen molar-refractivity contribution in [2.45, 2.75) is 17.9 Å². The monoisotopic (exact) mass is 416 g/mol. The van der Waals surface area contributed by atoms with Gasteiger partial charge >= 0.3 is 0 Å². The Hall–Kier alpha value is -2.36. The van der Waals surface area contributed by atoms with E-state index in [4.69, 9.17) is 4.74 Å². The maximum absolute atomic E-state index is 12.7. The lowest BCUT2D eigenvalue weighted by Gasteiger charge is -2.31. The van der Waals surface area contributed by atoms with Gasteiger partial charge in [-0.05, 0) is 23.8 Å². The third-order valence-electron chi connectivity index (χ3n) is 5.44. The molecule has 0 N–H and O–H groups in total. The Morgan fingerprint density at radius 2 is 1.97 bits per heavy atom. The molecule has 1 atom stereocenters. The number of aromatic nitrogens is 2. The zero-order valence-electron chi connectivity index (χ0n) is 16.3. The molecule has 29 heavy (non-hydrogen) atoms. The van der Waals surface area contributed by atoms with Crippen LogP contribution in [0.5, 0.6) is 0 Å². The van der Waals surface area contributed by atoms with E-state index in [1.54, 1.807) is 29.3 Å². The molecular weight excluding hydrogens is 392 g/mol. The minimum absolute atomic E-state index is 0.0478. The Labute approximate surface area is 170 Å². The fourth-order valence-corrected chi connectivity index (χ4v) is 4.70. The smallest absolute Gasteiger partial charge is 0.228 e. The normalized spacial score (nSPS) is 23.5. The molecule has 2 saturated heterocycles. The first-order valence-electron chi connectivity index (χ1n) is 9.50. The molecule has 2 aliphatic heterocycles. The zero-order chi connectivity index (χ0) is 20.5. The van der Waals surface area contributed by atoms with Crippen LogP contribution in [-0.2, 0) is 25.9 Å². The summed E-state index contributed by atoms with van der Waals surface area (Å²) in [5.74, 6) is 0.667. The van der Waals surface area contributed by atoms with Crippen molar-refractivity contribution in [3.63, 3.8) is 0 Å². The number of hydrogen-bond donors (Lipinski definition) is 0. The third kappa shape index (κ3) is 4.47. The molecule has 1 aromatic carbocycles. The van der Waals surface area contributed by atoms with Crippen LogP contribution in [0.4, 0.5) is 5.82 Å². The number of benzene rings is 1. The molecule has 4 rings (SSSR count). The lowest BCUT2D eigenvalue weighted by Crippen LogP contribution is -2.40. The summed E-state index contributed by atoms with van der Waals surface area (Å²) in [6, 6.07) is 8.73. The molecule has 2 fully saturated rings. The summed E-state index contributed by atoms with van der Waals surface area (Å²) in [7, 11) is -3.20. The molecule has 154 valence electrons. The van der Waals surface area contributed by atoms with Gasteiger partial charge in [0.25, 0.3) is 0 Å². The summed E-state index contributed by atoms with van der Waals surface area (Å²) < 4.78 is 29.2. The highest BCUT2D eigenvalue weighted by Crippen LogP contribution is 2.36. The van der Waals surface area contributed by atoms with Crippen LogP contribution < -0.4 is 4.90 Å². The van der Waals surface area contributed by atoms with Gasteiger partial charge in [0.2, 0.25) is 5.91 Å². The van der Waals surface area contributed by atoms with Crippen LogP contribution in [0.25, 0.3) is 0 Å². The predicted octanol–water partition coefficient (Wildman–Crippen LogP) is 1.14. The van der Waals surface area contributed by atoms with Gasteiger partial charge in [-0.25, -0.2) is 18.4 Å². The number of carbonyl (C=O) groups is 1. The molecule has 1 unspecified atom stereocenters. The van der Waals surface area contributed by atoms with Crippen LogP contribution in [0, 0.1) is 5.41 Å². The largest absolute Gasteiger partial charge is 0.379 e. The van der Waals surface area contributed by atoms with Gasteiger partial charge in [0.15, 0.2) is 9.84 Å². The van der Waals surface area contributed by atoms with E-state index in [0.717, 1.165) is 18.7 Å². The summed E-state index contributed by atoms with van der Waals surface area (Å²) in [5.41, 5.74) is 0.747. The molecule has 2 aromatic rings. The lowest BCUT2D eigenvalue weighted by atomic mass is 9.87. The van der Waals surface area contributed by atoms with Crippen molar-refractivity contribution in [2.75, 3.05) is 44.0 Å². The molecule has 0 radical (unpaired) electrons. The van der Waals surface area contributed by atoms with Crippen molar-refractivity contribution in [2.24, 2.45) is 5.41 Å². The first-order valence-corrected chi connectivity index (χ1v) is 11.4. The molecule has 0 aliphatic carbocycles. The average Bonchev–Trinajstić information content (AvgIpc) is 2.88. The molecule has 2 aliphatic rings. The maximum Gasteiger partial charge on any atom is 0.228 e. The fourth-order valence-electron chi connectivity index (χ4n) is 4.07. The van der Waals surface area contributed by atoms with Gasteiger partial charge in [-0.15, -0.1) is 0 Å². The van der Waals surface area contributed by atoms with E-state index in [1.165, 1.54) is 12.6 Å². The molecule has 9 heteroatoms. The summed E-state index contributed by atoms with van der Waals surface area (Å²) in [5, 5.41) is 0. The molecule has 1 amide bonds. The van der Waals surface area contributed by atoms with E-state index in [-0.39, 0.29) is 11.3 Å². The van der Waals surface area contributed by atoms with Crippen LogP contribution in [0.3, 0.4) is 0 Å². The molecule has 0 bridgehead atoms. The minimum atomic E-state index is -3.20. The maximum atomic E-state index is 12.7. The second-order valence-corrected chi connectivity index (χ2v) is 9.92. The molecule has 3 heterocycles. The summed E-state index contributed by atoms with van der Waals surface area (Å²) in [6.45, 7) is 3.86. The lowest BCUT2D eigenvalue weighted by molar-refractivity contribution is -0.118. The third-order valence-corrected chi connectivity index (χ3v) is 6.57. The number of ether oxygens (including phenoxy) is 1. The average molecular weight is 417 g/mol. The number of sulfone groups is 1. The highest BCUT2D eigenvalue weighted by atomic mass is 32.2. The van der Waals surface area contributed by atoms with Gasteiger partial charge in [-0.1, -0.05) is 12.1 Å². The molecule has 1 aromatic heterocycles. The van der Waals surface area contributed by atoms with Crippen LogP contribution in [-0.4, -0.2) is 68.3 Å². The van der Waals surface area contributed by atoms with Gasteiger partial charge in [-0.2, -0.15) is 0 Å². The van der Waals surface area contributed by atoms with E-state index >= 15 is 0 Å². The van der Waals surface area contributed by atoms with Gasteiger partial charge in [0.05, 0.1) is 18.1 Å². The standard InChI is InChI=1S/C20H24N4O4S/c1-29(26,27)17-4-2-16(3-5-17)11-23-8-9-28-14-20(12-23)10-19(25)24(13-20)18-6-7-21-15-22-18/h2-7,15H,8-14H2,1H3. The highest BCUT2D eigenvalue weighted by molar-refractivity contribution is 7.90. The number of rotatable bonds is 4. The Kier molecular flexibility index (Phi) is 5.37. The van der Waals surface area contributed by atoms with Gasteiger partial charge < -0.3 is 4.74 Å². The number of anilines is 1. The number of hydrogen-bond acceptors (Lipinski definition) is 7. The van der Waals surface area contributed by atoms with Crippen molar-refractivity contribution in [3.8, 4) is 0 Å². The summed E-state index contributed by atoms with van der Waals surface area (Å²) in [4.78, 5) is 25.1. The van der Waals surface area contributed by atoms with Gasteiger partial charge in [0, 0.05) is 50.5 Å². The Morgan fingerprint density at radius 1 is 1.17 bits per heavy atom. The van der Waals surface area contributed by atoms with Gasteiger partial charge in [-0.3, -0.25) is 14.6 Å². The topological polar surface area (TPSA) is 92.7 Å². The SMILES string of the molecule is CS(=O)(=O)c1ccc(CN2CCOCC3(CC(=O)N(c4ccncn4)C3)C2)cc1. The Bertz CT molecular complexity index is 981. The van der Waals surface area contributed by atoms with Crippen molar-refractivity contribution < 1.29 is 17.9 Å². The fraction of sp³-hybridized carbons (Fsp3) is 0.450. The number of carbonyl (C=O) groups excluding carboxylic acids is 1. The van der Waals surface area contributed by atoms with E-state index in [1.807, 2.05) is 12.1 Å².